The zero-order valence-corrected chi connectivity index (χ0v) is 17.6. The van der Waals surface area contributed by atoms with Crippen LogP contribution in [0.2, 0.25) is 0 Å². The van der Waals surface area contributed by atoms with Gasteiger partial charge in [-0.1, -0.05) is 57.5 Å². The predicted octanol–water partition coefficient (Wildman–Crippen LogP) is 4.14. The fraction of sp³-hybridized carbons (Fsp3) is 0.522. The molecular weight excluding hydrogens is 348 g/mol. The van der Waals surface area contributed by atoms with Crippen LogP contribution in [0.1, 0.15) is 62.5 Å². The monoisotopic (exact) mass is 380 g/mol. The van der Waals surface area contributed by atoms with E-state index in [2.05, 4.69) is 42.8 Å². The number of benzene rings is 1. The van der Waals surface area contributed by atoms with E-state index in [1.807, 2.05) is 36.1 Å². The second-order valence-electron chi connectivity index (χ2n) is 7.94. The van der Waals surface area contributed by atoms with Crippen LogP contribution in [-0.4, -0.2) is 47.0 Å². The van der Waals surface area contributed by atoms with E-state index in [4.69, 9.17) is 4.98 Å². The molecule has 2 heterocycles. The Labute approximate surface area is 168 Å². The summed E-state index contributed by atoms with van der Waals surface area (Å²) >= 11 is 0. The van der Waals surface area contributed by atoms with E-state index in [1.165, 1.54) is 0 Å². The van der Waals surface area contributed by atoms with Crippen LogP contribution in [0.25, 0.3) is 0 Å². The van der Waals surface area contributed by atoms with Crippen molar-refractivity contribution < 1.29 is 4.79 Å². The van der Waals surface area contributed by atoms with Gasteiger partial charge in [0.2, 0.25) is 5.91 Å². The van der Waals surface area contributed by atoms with Gasteiger partial charge in [-0.25, -0.2) is 9.97 Å². The third kappa shape index (κ3) is 4.70. The number of aryl methyl sites for hydroxylation is 1. The lowest BCUT2D eigenvalue weighted by Crippen LogP contribution is -2.50. The molecule has 0 N–H and O–H groups in total. The molecule has 5 nitrogen and oxygen atoms in total. The molecule has 1 unspecified atom stereocenters. The summed E-state index contributed by atoms with van der Waals surface area (Å²) in [5.41, 5.74) is 2.13. The molecule has 5 heteroatoms. The number of hydrogen-bond acceptors (Lipinski definition) is 4. The van der Waals surface area contributed by atoms with E-state index >= 15 is 0 Å². The van der Waals surface area contributed by atoms with Gasteiger partial charge in [-0.3, -0.25) is 4.79 Å². The second kappa shape index (κ2) is 9.18. The number of carbonyl (C=O) groups excluding carboxylic acids is 1. The summed E-state index contributed by atoms with van der Waals surface area (Å²) in [7, 11) is 0. The van der Waals surface area contributed by atoms with Gasteiger partial charge in [0.15, 0.2) is 0 Å². The van der Waals surface area contributed by atoms with Crippen LogP contribution in [0, 0.1) is 6.92 Å². The van der Waals surface area contributed by atoms with Crippen LogP contribution in [0.4, 0.5) is 5.82 Å². The number of amides is 1. The molecule has 1 aliphatic heterocycles. The number of anilines is 1. The number of hydrogen-bond donors (Lipinski definition) is 0. The van der Waals surface area contributed by atoms with E-state index in [1.54, 1.807) is 0 Å². The van der Waals surface area contributed by atoms with Gasteiger partial charge in [-0.05, 0) is 18.9 Å². The molecule has 3 rings (SSSR count). The van der Waals surface area contributed by atoms with Crippen LogP contribution >= 0.6 is 0 Å². The van der Waals surface area contributed by atoms with Crippen molar-refractivity contribution in [1.82, 2.24) is 14.9 Å². The normalized spacial score (nSPS) is 15.8. The quantitative estimate of drug-likeness (QED) is 0.756. The van der Waals surface area contributed by atoms with Crippen molar-refractivity contribution in [3.05, 3.63) is 53.5 Å². The minimum atomic E-state index is -0.0356. The Morgan fingerprint density at radius 1 is 1.07 bits per heavy atom. The van der Waals surface area contributed by atoms with Gasteiger partial charge in [-0.15, -0.1) is 0 Å². The molecule has 1 aliphatic rings. The summed E-state index contributed by atoms with van der Waals surface area (Å²) in [6, 6.07) is 12.2. The molecule has 1 aromatic heterocycles. The molecule has 0 bridgehead atoms. The fourth-order valence-electron chi connectivity index (χ4n) is 3.78. The summed E-state index contributed by atoms with van der Waals surface area (Å²) in [6.07, 6.45) is 1.90. The SMILES string of the molecule is CCCC(C(=O)N1CCN(c2cc(C)nc(C(C)C)n2)CC1)c1ccccc1. The molecule has 1 amide bonds. The summed E-state index contributed by atoms with van der Waals surface area (Å²) in [5, 5.41) is 0. The average molecular weight is 381 g/mol. The van der Waals surface area contributed by atoms with Crippen molar-refractivity contribution in [2.24, 2.45) is 0 Å². The number of rotatable bonds is 6. The van der Waals surface area contributed by atoms with Gasteiger partial charge in [-0.2, -0.15) is 0 Å². The van der Waals surface area contributed by atoms with Crippen LogP contribution in [0.5, 0.6) is 0 Å². The van der Waals surface area contributed by atoms with Gasteiger partial charge in [0.25, 0.3) is 0 Å². The fourth-order valence-corrected chi connectivity index (χ4v) is 3.78. The Hall–Kier alpha value is -2.43. The van der Waals surface area contributed by atoms with Gasteiger partial charge in [0, 0.05) is 43.9 Å². The molecule has 0 aliphatic carbocycles. The van der Waals surface area contributed by atoms with E-state index in [9.17, 15) is 4.79 Å². The summed E-state index contributed by atoms with van der Waals surface area (Å²) in [5.74, 6) is 2.40. The Morgan fingerprint density at radius 2 is 1.75 bits per heavy atom. The highest BCUT2D eigenvalue weighted by molar-refractivity contribution is 5.84. The number of carbonyl (C=O) groups is 1. The third-order valence-electron chi connectivity index (χ3n) is 5.37. The number of aromatic nitrogens is 2. The Bertz CT molecular complexity index is 782. The molecule has 0 radical (unpaired) electrons. The Kier molecular flexibility index (Phi) is 6.65. The topological polar surface area (TPSA) is 49.3 Å². The smallest absolute Gasteiger partial charge is 0.230 e. The van der Waals surface area contributed by atoms with Crippen LogP contribution in [0.3, 0.4) is 0 Å². The van der Waals surface area contributed by atoms with E-state index in [0.29, 0.717) is 5.92 Å². The molecule has 1 fully saturated rings. The van der Waals surface area contributed by atoms with Crippen molar-refractivity contribution in [2.45, 2.75) is 52.4 Å². The van der Waals surface area contributed by atoms with Crippen molar-refractivity contribution in [3.8, 4) is 0 Å². The highest BCUT2D eigenvalue weighted by Gasteiger charge is 2.28. The summed E-state index contributed by atoms with van der Waals surface area (Å²) in [4.78, 5) is 26.8. The first-order valence-corrected chi connectivity index (χ1v) is 10.4. The Morgan fingerprint density at radius 3 is 2.36 bits per heavy atom. The first kappa shape index (κ1) is 20.3. The molecule has 150 valence electrons. The van der Waals surface area contributed by atoms with Crippen molar-refractivity contribution in [3.63, 3.8) is 0 Å². The lowest BCUT2D eigenvalue weighted by molar-refractivity contribution is -0.133. The lowest BCUT2D eigenvalue weighted by Gasteiger charge is -2.37. The maximum atomic E-state index is 13.2. The number of nitrogens with zero attached hydrogens (tertiary/aromatic N) is 4. The minimum Gasteiger partial charge on any atom is -0.353 e. The molecule has 2 aromatic rings. The number of piperazine rings is 1. The van der Waals surface area contributed by atoms with Crippen LogP contribution < -0.4 is 4.90 Å². The molecular formula is C23H32N4O. The lowest BCUT2D eigenvalue weighted by atomic mass is 9.93. The van der Waals surface area contributed by atoms with Crippen molar-refractivity contribution in [2.75, 3.05) is 31.1 Å². The summed E-state index contributed by atoms with van der Waals surface area (Å²) < 4.78 is 0. The first-order chi connectivity index (χ1) is 13.5. The standard InChI is InChI=1S/C23H32N4O/c1-5-9-20(19-10-7-6-8-11-19)23(28)27-14-12-26(13-15-27)21-16-18(4)24-22(25-21)17(2)3/h6-8,10-11,16-17,20H,5,9,12-15H2,1-4H3. The van der Waals surface area contributed by atoms with Crippen molar-refractivity contribution in [1.29, 1.82) is 0 Å². The van der Waals surface area contributed by atoms with E-state index in [0.717, 1.165) is 61.9 Å². The van der Waals surface area contributed by atoms with E-state index in [-0.39, 0.29) is 11.8 Å². The molecule has 1 saturated heterocycles. The van der Waals surface area contributed by atoms with Crippen LogP contribution in [0.15, 0.2) is 36.4 Å². The van der Waals surface area contributed by atoms with Crippen molar-refractivity contribution >= 4 is 11.7 Å². The minimum absolute atomic E-state index is 0.0356. The van der Waals surface area contributed by atoms with Crippen LogP contribution in [-0.2, 0) is 4.79 Å². The molecule has 28 heavy (non-hydrogen) atoms. The maximum absolute atomic E-state index is 13.2. The first-order valence-electron chi connectivity index (χ1n) is 10.4. The van der Waals surface area contributed by atoms with Gasteiger partial charge in [0.05, 0.1) is 5.92 Å². The molecule has 0 saturated carbocycles. The second-order valence-corrected chi connectivity index (χ2v) is 7.94. The van der Waals surface area contributed by atoms with Gasteiger partial charge >= 0.3 is 0 Å². The zero-order valence-electron chi connectivity index (χ0n) is 17.6. The Balaban J connectivity index is 1.68. The highest BCUT2D eigenvalue weighted by Crippen LogP contribution is 2.25. The largest absolute Gasteiger partial charge is 0.353 e. The highest BCUT2D eigenvalue weighted by atomic mass is 16.2. The zero-order chi connectivity index (χ0) is 20.1. The van der Waals surface area contributed by atoms with Gasteiger partial charge in [0.1, 0.15) is 11.6 Å². The molecule has 1 atom stereocenters. The average Bonchev–Trinajstić information content (AvgIpc) is 2.72. The molecule has 0 spiro atoms. The van der Waals surface area contributed by atoms with Gasteiger partial charge < -0.3 is 9.80 Å². The van der Waals surface area contributed by atoms with E-state index < -0.39 is 0 Å². The predicted molar refractivity (Wildman–Crippen MR) is 114 cm³/mol. The summed E-state index contributed by atoms with van der Waals surface area (Å²) in [6.45, 7) is 11.5. The molecule has 1 aromatic carbocycles. The third-order valence-corrected chi connectivity index (χ3v) is 5.37. The maximum Gasteiger partial charge on any atom is 0.230 e.